The van der Waals surface area contributed by atoms with Crippen molar-refractivity contribution in [2.45, 2.75) is 26.0 Å². The zero-order valence-corrected chi connectivity index (χ0v) is 21.7. The highest BCUT2D eigenvalue weighted by molar-refractivity contribution is 5.89. The zero-order valence-electron chi connectivity index (χ0n) is 21.7. The van der Waals surface area contributed by atoms with Gasteiger partial charge in [0, 0.05) is 44.1 Å². The number of nitrogens with zero attached hydrogens (tertiary/aromatic N) is 2. The molecule has 8 heteroatoms. The van der Waals surface area contributed by atoms with Gasteiger partial charge < -0.3 is 30.3 Å². The minimum atomic E-state index is -1.18. The van der Waals surface area contributed by atoms with E-state index >= 15 is 0 Å². The van der Waals surface area contributed by atoms with Crippen LogP contribution in [-0.2, 0) is 22.5 Å². The Hall–Kier alpha value is -3.88. The third-order valence-corrected chi connectivity index (χ3v) is 7.14. The number of hydrogen-bond acceptors (Lipinski definition) is 5. The summed E-state index contributed by atoms with van der Waals surface area (Å²) in [4.78, 5) is 29.2. The molecule has 2 aliphatic rings. The summed E-state index contributed by atoms with van der Waals surface area (Å²) in [5, 5.41) is 16.3. The molecule has 0 spiro atoms. The summed E-state index contributed by atoms with van der Waals surface area (Å²) in [6.45, 7) is 6.46. The van der Waals surface area contributed by atoms with Gasteiger partial charge in [-0.25, -0.2) is 4.79 Å². The van der Waals surface area contributed by atoms with E-state index in [2.05, 4.69) is 27.7 Å². The van der Waals surface area contributed by atoms with Gasteiger partial charge in [-0.1, -0.05) is 42.5 Å². The molecule has 8 nitrogen and oxygen atoms in total. The number of aliphatic hydroxyl groups excluding tert-OH is 1. The van der Waals surface area contributed by atoms with Crippen LogP contribution in [0, 0.1) is 0 Å². The van der Waals surface area contributed by atoms with Crippen LogP contribution in [0.15, 0.2) is 66.7 Å². The van der Waals surface area contributed by atoms with E-state index in [-0.39, 0.29) is 11.9 Å². The predicted molar refractivity (Wildman–Crippen MR) is 148 cm³/mol. The largest absolute Gasteiger partial charge is 0.378 e. The second-order valence-corrected chi connectivity index (χ2v) is 9.62. The van der Waals surface area contributed by atoms with Gasteiger partial charge in [0.25, 0.3) is 5.91 Å². The summed E-state index contributed by atoms with van der Waals surface area (Å²) >= 11 is 0. The van der Waals surface area contributed by atoms with Gasteiger partial charge in [-0.2, -0.15) is 0 Å². The van der Waals surface area contributed by atoms with Crippen LogP contribution in [0.4, 0.5) is 16.2 Å². The highest BCUT2D eigenvalue weighted by atomic mass is 16.5. The second kappa shape index (κ2) is 11.7. The fraction of sp³-hybridized carbons (Fsp3) is 0.333. The smallest absolute Gasteiger partial charge is 0.319 e. The summed E-state index contributed by atoms with van der Waals surface area (Å²) in [5.41, 5.74) is 6.92. The third-order valence-electron chi connectivity index (χ3n) is 7.14. The average Bonchev–Trinajstić information content (AvgIpc) is 2.97. The summed E-state index contributed by atoms with van der Waals surface area (Å²) in [7, 11) is 0. The van der Waals surface area contributed by atoms with Gasteiger partial charge in [0.2, 0.25) is 0 Å². The molecular weight excluding hydrogens is 480 g/mol. The van der Waals surface area contributed by atoms with Gasteiger partial charge in [0.05, 0.1) is 13.2 Å². The summed E-state index contributed by atoms with van der Waals surface area (Å²) in [6, 6.07) is 21.0. The maximum atomic E-state index is 13.2. The second-order valence-electron chi connectivity index (χ2n) is 9.62. The first-order valence-corrected chi connectivity index (χ1v) is 13.2. The van der Waals surface area contributed by atoms with Crippen LogP contribution in [-0.4, -0.2) is 61.3 Å². The van der Waals surface area contributed by atoms with Gasteiger partial charge in [-0.3, -0.25) is 4.79 Å². The minimum absolute atomic E-state index is 0.230. The minimum Gasteiger partial charge on any atom is -0.378 e. The molecule has 0 bridgehead atoms. The Morgan fingerprint density at radius 1 is 0.974 bits per heavy atom. The highest BCUT2D eigenvalue weighted by Crippen LogP contribution is 2.36. The average molecular weight is 515 g/mol. The van der Waals surface area contributed by atoms with Gasteiger partial charge in [-0.05, 0) is 65.4 Å². The molecule has 0 aromatic heterocycles. The van der Waals surface area contributed by atoms with E-state index < -0.39 is 6.10 Å². The van der Waals surface area contributed by atoms with Crippen molar-refractivity contribution in [3.05, 3.63) is 83.4 Å². The molecule has 0 saturated carbocycles. The van der Waals surface area contributed by atoms with E-state index in [4.69, 9.17) is 4.74 Å². The molecular formula is C30H34N4O4. The van der Waals surface area contributed by atoms with E-state index in [1.165, 1.54) is 11.3 Å². The number of rotatable bonds is 6. The Balaban J connectivity index is 1.44. The SMILES string of the molecule is CCNC(=O)Nc1ccc(-c2cc3c(c(N4CCOCC4)c2)CCN(C(=O)C(O)c2ccccc2)C3)cc1. The van der Waals surface area contributed by atoms with Gasteiger partial charge in [-0.15, -0.1) is 0 Å². The van der Waals surface area contributed by atoms with E-state index in [0.29, 0.717) is 38.4 Å². The van der Waals surface area contributed by atoms with E-state index in [0.717, 1.165) is 41.9 Å². The maximum absolute atomic E-state index is 13.2. The molecule has 2 heterocycles. The molecule has 3 aromatic rings. The van der Waals surface area contributed by atoms with Crippen LogP contribution in [0.3, 0.4) is 0 Å². The number of amides is 3. The lowest BCUT2D eigenvalue weighted by atomic mass is 9.91. The molecule has 0 aliphatic carbocycles. The van der Waals surface area contributed by atoms with Crippen LogP contribution in [0.2, 0.25) is 0 Å². The van der Waals surface area contributed by atoms with Crippen molar-refractivity contribution in [1.82, 2.24) is 10.2 Å². The number of carbonyl (C=O) groups excluding carboxylic acids is 2. The van der Waals surface area contributed by atoms with Gasteiger partial charge in [0.1, 0.15) is 0 Å². The molecule has 0 radical (unpaired) electrons. The van der Waals surface area contributed by atoms with E-state index in [1.54, 1.807) is 17.0 Å². The number of morpholine rings is 1. The predicted octanol–water partition coefficient (Wildman–Crippen LogP) is 3.95. The molecule has 1 saturated heterocycles. The first-order chi connectivity index (χ1) is 18.5. The summed E-state index contributed by atoms with van der Waals surface area (Å²) < 4.78 is 5.60. The van der Waals surface area contributed by atoms with Gasteiger partial charge >= 0.3 is 6.03 Å². The number of fused-ring (bicyclic) bond motifs is 1. The number of hydrogen-bond donors (Lipinski definition) is 3. The molecule has 5 rings (SSSR count). The van der Waals surface area contributed by atoms with Crippen LogP contribution in [0.25, 0.3) is 11.1 Å². The van der Waals surface area contributed by atoms with Crippen molar-refractivity contribution in [3.63, 3.8) is 0 Å². The molecule has 3 N–H and O–H groups in total. The lowest BCUT2D eigenvalue weighted by molar-refractivity contribution is -0.141. The van der Waals surface area contributed by atoms with Crippen LogP contribution in [0.5, 0.6) is 0 Å². The van der Waals surface area contributed by atoms with Crippen molar-refractivity contribution in [1.29, 1.82) is 0 Å². The van der Waals surface area contributed by atoms with Crippen molar-refractivity contribution >= 4 is 23.3 Å². The number of ether oxygens (including phenoxy) is 1. The number of urea groups is 1. The molecule has 38 heavy (non-hydrogen) atoms. The van der Waals surface area contributed by atoms with E-state index in [1.807, 2.05) is 49.4 Å². The van der Waals surface area contributed by atoms with Crippen molar-refractivity contribution in [2.24, 2.45) is 0 Å². The third kappa shape index (κ3) is 5.66. The number of aliphatic hydroxyl groups is 1. The first-order valence-electron chi connectivity index (χ1n) is 13.2. The van der Waals surface area contributed by atoms with E-state index in [9.17, 15) is 14.7 Å². The normalized spacial score (nSPS) is 15.9. The van der Waals surface area contributed by atoms with Crippen LogP contribution in [0.1, 0.15) is 29.7 Å². The Bertz CT molecular complexity index is 1270. The van der Waals surface area contributed by atoms with Crippen molar-refractivity contribution in [3.8, 4) is 11.1 Å². The maximum Gasteiger partial charge on any atom is 0.319 e. The fourth-order valence-electron chi connectivity index (χ4n) is 5.15. The molecule has 1 unspecified atom stereocenters. The Labute approximate surface area is 223 Å². The van der Waals surface area contributed by atoms with Crippen molar-refractivity contribution < 1.29 is 19.4 Å². The zero-order chi connectivity index (χ0) is 26.5. The standard InChI is InChI=1S/C30H34N4O4/c1-2-31-30(37)32-25-10-8-21(9-11-25)23-18-24-20-34(29(36)28(35)22-6-4-3-5-7-22)13-12-26(24)27(19-23)33-14-16-38-17-15-33/h3-11,18-19,28,35H,2,12-17,20H2,1H3,(H2,31,32,37). The van der Waals surface area contributed by atoms with Crippen LogP contribution < -0.4 is 15.5 Å². The monoisotopic (exact) mass is 514 g/mol. The Kier molecular flexibility index (Phi) is 7.91. The number of anilines is 2. The summed E-state index contributed by atoms with van der Waals surface area (Å²) in [5.74, 6) is -0.277. The topological polar surface area (TPSA) is 94.1 Å². The first kappa shape index (κ1) is 25.8. The molecule has 198 valence electrons. The molecule has 1 fully saturated rings. The molecule has 3 aromatic carbocycles. The number of carbonyl (C=O) groups is 2. The van der Waals surface area contributed by atoms with Crippen molar-refractivity contribution in [2.75, 3.05) is 49.6 Å². The van der Waals surface area contributed by atoms with Crippen LogP contribution >= 0.6 is 0 Å². The lowest BCUT2D eigenvalue weighted by Crippen LogP contribution is -2.41. The Morgan fingerprint density at radius 3 is 2.42 bits per heavy atom. The summed E-state index contributed by atoms with van der Waals surface area (Å²) in [6.07, 6.45) is -0.449. The number of benzene rings is 3. The molecule has 1 atom stereocenters. The highest BCUT2D eigenvalue weighted by Gasteiger charge is 2.29. The molecule has 3 amide bonds. The lowest BCUT2D eigenvalue weighted by Gasteiger charge is -2.36. The number of nitrogens with one attached hydrogen (secondary N) is 2. The Morgan fingerprint density at radius 2 is 1.71 bits per heavy atom. The van der Waals surface area contributed by atoms with Gasteiger partial charge in [0.15, 0.2) is 6.10 Å². The fourth-order valence-corrected chi connectivity index (χ4v) is 5.15. The molecule has 2 aliphatic heterocycles. The quantitative estimate of drug-likeness (QED) is 0.463.